The van der Waals surface area contributed by atoms with Crippen molar-refractivity contribution in [2.75, 3.05) is 0 Å². The first-order valence-corrected chi connectivity index (χ1v) is 6.10. The van der Waals surface area contributed by atoms with E-state index in [4.69, 9.17) is 22.4 Å². The van der Waals surface area contributed by atoms with Crippen LogP contribution in [-0.2, 0) is 10.2 Å². The van der Waals surface area contributed by atoms with Gasteiger partial charge in [0.05, 0.1) is 0 Å². The molecule has 0 aliphatic heterocycles. The monoisotopic (exact) mass is 251 g/mol. The molecule has 3 aliphatic carbocycles. The third-order valence-corrected chi connectivity index (χ3v) is 4.77. The summed E-state index contributed by atoms with van der Waals surface area (Å²) in [5.74, 6) is -0.891. The van der Waals surface area contributed by atoms with Gasteiger partial charge in [-0.3, -0.25) is 4.79 Å². The molecule has 2 bridgehead atoms. The summed E-state index contributed by atoms with van der Waals surface area (Å²) in [6.45, 7) is 0. The molecule has 90 valence electrons. The summed E-state index contributed by atoms with van der Waals surface area (Å²) < 4.78 is 0. The quantitative estimate of drug-likeness (QED) is 0.866. The van der Waals surface area contributed by atoms with Crippen molar-refractivity contribution in [2.45, 2.75) is 30.7 Å². The lowest BCUT2D eigenvalue weighted by molar-refractivity contribution is -0.178. The Bertz CT molecular complexity index is 480. The minimum absolute atomic E-state index is 0.103. The minimum atomic E-state index is -0.891. The van der Waals surface area contributed by atoms with Crippen LogP contribution in [0.5, 0.6) is 0 Å². The van der Waals surface area contributed by atoms with E-state index in [9.17, 15) is 4.79 Å². The van der Waals surface area contributed by atoms with Crippen molar-refractivity contribution in [1.82, 2.24) is 0 Å². The van der Waals surface area contributed by atoms with E-state index in [1.807, 2.05) is 24.3 Å². The number of rotatable bonds is 3. The predicted molar refractivity (Wildman–Crippen MR) is 65.0 cm³/mol. The molecule has 1 aromatic rings. The van der Waals surface area contributed by atoms with E-state index in [-0.39, 0.29) is 10.8 Å². The summed E-state index contributed by atoms with van der Waals surface area (Å²) in [6, 6.07) is 7.09. The Balaban J connectivity index is 1.81. The molecule has 3 aliphatic rings. The van der Waals surface area contributed by atoms with E-state index in [1.54, 1.807) is 0 Å². The Labute approximate surface area is 105 Å². The molecule has 0 heterocycles. The van der Waals surface area contributed by atoms with Crippen molar-refractivity contribution in [1.29, 1.82) is 0 Å². The van der Waals surface area contributed by atoms with Crippen molar-refractivity contribution in [3.8, 4) is 0 Å². The van der Waals surface area contributed by atoms with Gasteiger partial charge in [0.15, 0.2) is 0 Å². The van der Waals surface area contributed by atoms with E-state index < -0.39 is 12.0 Å². The molecule has 0 amide bonds. The van der Waals surface area contributed by atoms with Crippen LogP contribution in [0, 0.1) is 5.41 Å². The van der Waals surface area contributed by atoms with Crippen LogP contribution in [0.2, 0.25) is 5.02 Å². The molecule has 0 saturated heterocycles. The van der Waals surface area contributed by atoms with Gasteiger partial charge in [-0.2, -0.15) is 0 Å². The van der Waals surface area contributed by atoms with Gasteiger partial charge in [-0.05, 0) is 41.7 Å². The van der Waals surface area contributed by atoms with Crippen LogP contribution in [0.25, 0.3) is 0 Å². The number of hydrogen-bond donors (Lipinski definition) is 2. The zero-order valence-corrected chi connectivity index (χ0v) is 10.1. The van der Waals surface area contributed by atoms with Crippen LogP contribution < -0.4 is 5.73 Å². The SMILES string of the molecule is NC(C(=O)O)C12CC(c3ccccc3Cl)(C1)C2. The van der Waals surface area contributed by atoms with Crippen molar-refractivity contribution < 1.29 is 9.90 Å². The first-order chi connectivity index (χ1) is 7.99. The summed E-state index contributed by atoms with van der Waals surface area (Å²) in [4.78, 5) is 10.9. The standard InChI is InChI=1S/C13H14ClNO2/c14-9-4-2-1-3-8(9)12-5-13(6-12,7-12)10(15)11(16)17/h1-4,10H,5-7,15H2,(H,16,17). The topological polar surface area (TPSA) is 63.3 Å². The number of nitrogens with two attached hydrogens (primary N) is 1. The summed E-state index contributed by atoms with van der Waals surface area (Å²) >= 11 is 6.19. The predicted octanol–water partition coefficient (Wildman–Crippen LogP) is 2.17. The van der Waals surface area contributed by atoms with E-state index >= 15 is 0 Å². The maximum Gasteiger partial charge on any atom is 0.321 e. The van der Waals surface area contributed by atoms with Crippen LogP contribution >= 0.6 is 11.6 Å². The van der Waals surface area contributed by atoms with Gasteiger partial charge in [0.2, 0.25) is 0 Å². The molecule has 3 saturated carbocycles. The molecule has 0 aromatic heterocycles. The van der Waals surface area contributed by atoms with E-state index in [2.05, 4.69) is 0 Å². The minimum Gasteiger partial charge on any atom is -0.480 e. The molecule has 3 N–H and O–H groups in total. The van der Waals surface area contributed by atoms with Crippen LogP contribution in [0.4, 0.5) is 0 Å². The molecule has 0 radical (unpaired) electrons. The average molecular weight is 252 g/mol. The first-order valence-electron chi connectivity index (χ1n) is 5.73. The number of halogens is 1. The summed E-state index contributed by atoms with van der Waals surface area (Å²) in [6.07, 6.45) is 2.58. The lowest BCUT2D eigenvalue weighted by Gasteiger charge is -2.72. The van der Waals surface area contributed by atoms with Crippen molar-refractivity contribution in [2.24, 2.45) is 11.1 Å². The third-order valence-electron chi connectivity index (χ3n) is 4.44. The maximum atomic E-state index is 10.9. The Morgan fingerprint density at radius 1 is 1.35 bits per heavy atom. The van der Waals surface area contributed by atoms with Gasteiger partial charge in [-0.15, -0.1) is 0 Å². The summed E-state index contributed by atoms with van der Waals surface area (Å²) in [5.41, 5.74) is 6.82. The van der Waals surface area contributed by atoms with Gasteiger partial charge >= 0.3 is 5.97 Å². The smallest absolute Gasteiger partial charge is 0.321 e. The molecule has 0 spiro atoms. The second-order valence-electron chi connectivity index (χ2n) is 5.47. The van der Waals surface area contributed by atoms with Crippen LogP contribution in [-0.4, -0.2) is 17.1 Å². The zero-order chi connectivity index (χ0) is 12.3. The first kappa shape index (κ1) is 11.1. The fourth-order valence-corrected chi connectivity index (χ4v) is 3.97. The average Bonchev–Trinajstić information content (AvgIpc) is 2.16. The van der Waals surface area contributed by atoms with Gasteiger partial charge in [0.1, 0.15) is 6.04 Å². The lowest BCUT2D eigenvalue weighted by Crippen LogP contribution is -2.72. The van der Waals surface area contributed by atoms with Gasteiger partial charge in [-0.1, -0.05) is 29.8 Å². The number of carboxylic acid groups (broad SMARTS) is 1. The zero-order valence-electron chi connectivity index (χ0n) is 9.32. The van der Waals surface area contributed by atoms with E-state index in [0.29, 0.717) is 0 Å². The molecular weight excluding hydrogens is 238 g/mol. The van der Waals surface area contributed by atoms with Gasteiger partial charge < -0.3 is 10.8 Å². The Morgan fingerprint density at radius 3 is 2.47 bits per heavy atom. The fraction of sp³-hybridized carbons (Fsp3) is 0.462. The Kier molecular flexibility index (Phi) is 2.11. The number of benzene rings is 1. The Morgan fingerprint density at radius 2 is 1.94 bits per heavy atom. The number of carbonyl (C=O) groups is 1. The molecule has 17 heavy (non-hydrogen) atoms. The molecule has 4 rings (SSSR count). The molecule has 1 unspecified atom stereocenters. The Hall–Kier alpha value is -1.06. The van der Waals surface area contributed by atoms with Gasteiger partial charge in [0, 0.05) is 5.02 Å². The van der Waals surface area contributed by atoms with E-state index in [0.717, 1.165) is 29.8 Å². The highest BCUT2D eigenvalue weighted by atomic mass is 35.5. The highest BCUT2D eigenvalue weighted by Crippen LogP contribution is 2.75. The lowest BCUT2D eigenvalue weighted by atomic mass is 9.31. The van der Waals surface area contributed by atoms with Gasteiger partial charge in [0.25, 0.3) is 0 Å². The van der Waals surface area contributed by atoms with Crippen molar-refractivity contribution in [3.63, 3.8) is 0 Å². The van der Waals surface area contributed by atoms with Gasteiger partial charge in [-0.25, -0.2) is 0 Å². The molecular formula is C13H14ClNO2. The third kappa shape index (κ3) is 1.30. The summed E-state index contributed by atoms with van der Waals surface area (Å²) in [7, 11) is 0. The largest absolute Gasteiger partial charge is 0.480 e. The second-order valence-corrected chi connectivity index (χ2v) is 5.88. The van der Waals surface area contributed by atoms with Crippen molar-refractivity contribution >= 4 is 17.6 Å². The molecule has 3 fully saturated rings. The highest BCUT2D eigenvalue weighted by Gasteiger charge is 2.71. The second kappa shape index (κ2) is 3.24. The normalized spacial score (nSPS) is 35.6. The molecule has 1 atom stereocenters. The molecule has 3 nitrogen and oxygen atoms in total. The van der Waals surface area contributed by atoms with Crippen LogP contribution in [0.1, 0.15) is 24.8 Å². The van der Waals surface area contributed by atoms with E-state index in [1.165, 1.54) is 0 Å². The molecule has 1 aromatic carbocycles. The fourth-order valence-electron chi connectivity index (χ4n) is 3.64. The van der Waals surface area contributed by atoms with Crippen molar-refractivity contribution in [3.05, 3.63) is 34.9 Å². The number of hydrogen-bond acceptors (Lipinski definition) is 2. The highest BCUT2D eigenvalue weighted by molar-refractivity contribution is 6.31. The summed E-state index contributed by atoms with van der Waals surface area (Å²) in [5, 5.41) is 9.75. The van der Waals surface area contributed by atoms with Crippen LogP contribution in [0.15, 0.2) is 24.3 Å². The maximum absolute atomic E-state index is 10.9. The van der Waals surface area contributed by atoms with Crippen LogP contribution in [0.3, 0.4) is 0 Å². The number of aliphatic carboxylic acids is 1. The molecule has 4 heteroatoms. The number of carboxylic acids is 1.